The fourth-order valence-corrected chi connectivity index (χ4v) is 2.00. The van der Waals surface area contributed by atoms with Crippen molar-refractivity contribution < 1.29 is 18.8 Å². The zero-order valence-corrected chi connectivity index (χ0v) is 12.3. The second kappa shape index (κ2) is 5.82. The number of carbonyl (C=O) groups excluding carboxylic acids is 1. The molecule has 0 aliphatic carbocycles. The smallest absolute Gasteiger partial charge is 0.298 e. The average Bonchev–Trinajstić information content (AvgIpc) is 3.12. The molecule has 0 saturated heterocycles. The molecule has 3 rings (SSSR count). The standard InChI is InChI=1S/C16H14N2O4/c1-11-7-13(17-22-11)9-18(2)16(19)6-4-12-3-5-14-15(8-12)21-10-20-14/h3,5,7-8H,9-10H2,1-2H3. The van der Waals surface area contributed by atoms with Gasteiger partial charge in [0, 0.05) is 24.6 Å². The molecule has 0 spiro atoms. The van der Waals surface area contributed by atoms with Crippen molar-refractivity contribution in [3.8, 4) is 23.3 Å². The first-order chi connectivity index (χ1) is 10.6. The number of rotatable bonds is 2. The Hall–Kier alpha value is -2.94. The van der Waals surface area contributed by atoms with Crippen LogP contribution in [0.4, 0.5) is 0 Å². The molecular weight excluding hydrogens is 284 g/mol. The van der Waals surface area contributed by atoms with E-state index in [-0.39, 0.29) is 12.7 Å². The molecule has 1 amide bonds. The van der Waals surface area contributed by atoms with Crippen LogP contribution < -0.4 is 9.47 Å². The summed E-state index contributed by atoms with van der Waals surface area (Å²) in [5.74, 6) is 7.18. The molecule has 6 nitrogen and oxygen atoms in total. The van der Waals surface area contributed by atoms with Crippen molar-refractivity contribution in [3.63, 3.8) is 0 Å². The summed E-state index contributed by atoms with van der Waals surface area (Å²) in [6.45, 7) is 2.37. The van der Waals surface area contributed by atoms with Gasteiger partial charge in [0.25, 0.3) is 5.91 Å². The second-order valence-corrected chi connectivity index (χ2v) is 4.91. The van der Waals surface area contributed by atoms with Gasteiger partial charge in [-0.1, -0.05) is 11.1 Å². The summed E-state index contributed by atoms with van der Waals surface area (Å²) in [7, 11) is 1.67. The Morgan fingerprint density at radius 3 is 2.91 bits per heavy atom. The van der Waals surface area contributed by atoms with Gasteiger partial charge in [-0.25, -0.2) is 0 Å². The number of hydrogen-bond donors (Lipinski definition) is 0. The molecule has 0 N–H and O–H groups in total. The molecule has 0 bridgehead atoms. The maximum atomic E-state index is 12.0. The van der Waals surface area contributed by atoms with Crippen LogP contribution in [0.5, 0.6) is 11.5 Å². The summed E-state index contributed by atoms with van der Waals surface area (Å²) in [4.78, 5) is 13.5. The molecule has 0 fully saturated rings. The van der Waals surface area contributed by atoms with Crippen molar-refractivity contribution in [2.45, 2.75) is 13.5 Å². The first-order valence-electron chi connectivity index (χ1n) is 6.71. The van der Waals surface area contributed by atoms with Gasteiger partial charge in [-0.05, 0) is 25.1 Å². The van der Waals surface area contributed by atoms with Crippen molar-refractivity contribution in [2.24, 2.45) is 0 Å². The predicted molar refractivity (Wildman–Crippen MR) is 77.2 cm³/mol. The zero-order chi connectivity index (χ0) is 15.5. The van der Waals surface area contributed by atoms with Gasteiger partial charge in [0.1, 0.15) is 11.5 Å². The highest BCUT2D eigenvalue weighted by molar-refractivity contribution is 5.93. The summed E-state index contributed by atoms with van der Waals surface area (Å²) < 4.78 is 15.5. The van der Waals surface area contributed by atoms with Crippen LogP contribution in [0.1, 0.15) is 17.0 Å². The normalized spacial score (nSPS) is 11.7. The molecule has 0 unspecified atom stereocenters. The van der Waals surface area contributed by atoms with Gasteiger partial charge in [-0.3, -0.25) is 4.79 Å². The molecule has 0 radical (unpaired) electrons. The lowest BCUT2D eigenvalue weighted by Gasteiger charge is -2.10. The summed E-state index contributed by atoms with van der Waals surface area (Å²) >= 11 is 0. The molecular formula is C16H14N2O4. The zero-order valence-electron chi connectivity index (χ0n) is 12.3. The van der Waals surface area contributed by atoms with Crippen LogP contribution in [-0.2, 0) is 11.3 Å². The van der Waals surface area contributed by atoms with E-state index in [4.69, 9.17) is 14.0 Å². The summed E-state index contributed by atoms with van der Waals surface area (Å²) in [5.41, 5.74) is 1.39. The van der Waals surface area contributed by atoms with E-state index >= 15 is 0 Å². The molecule has 1 aliphatic heterocycles. The van der Waals surface area contributed by atoms with Crippen LogP contribution in [0, 0.1) is 18.8 Å². The van der Waals surface area contributed by atoms with Gasteiger partial charge < -0.3 is 18.9 Å². The fraction of sp³-hybridized carbons (Fsp3) is 0.250. The SMILES string of the molecule is Cc1cc(CN(C)C(=O)C#Cc2ccc3c(c2)OCO3)no1. The second-order valence-electron chi connectivity index (χ2n) is 4.91. The Bertz CT molecular complexity index is 770. The molecule has 1 aromatic heterocycles. The number of fused-ring (bicyclic) bond motifs is 1. The van der Waals surface area contributed by atoms with E-state index in [1.165, 1.54) is 4.90 Å². The number of amides is 1. The molecule has 2 heterocycles. The third kappa shape index (κ3) is 3.04. The van der Waals surface area contributed by atoms with E-state index < -0.39 is 0 Å². The summed E-state index contributed by atoms with van der Waals surface area (Å²) in [6, 6.07) is 7.10. The maximum absolute atomic E-state index is 12.0. The molecule has 0 saturated carbocycles. The molecule has 1 aromatic carbocycles. The fourth-order valence-electron chi connectivity index (χ4n) is 2.00. The number of carbonyl (C=O) groups is 1. The number of ether oxygens (including phenoxy) is 2. The van der Waals surface area contributed by atoms with E-state index in [1.54, 1.807) is 38.2 Å². The van der Waals surface area contributed by atoms with Crippen molar-refractivity contribution in [3.05, 3.63) is 41.3 Å². The lowest BCUT2D eigenvalue weighted by atomic mass is 10.2. The Labute approximate surface area is 127 Å². The summed E-state index contributed by atoms with van der Waals surface area (Å²) in [5, 5.41) is 3.85. The minimum Gasteiger partial charge on any atom is -0.454 e. The van der Waals surface area contributed by atoms with E-state index in [9.17, 15) is 4.79 Å². The Kier molecular flexibility index (Phi) is 3.71. The quantitative estimate of drug-likeness (QED) is 0.790. The molecule has 112 valence electrons. The predicted octanol–water partition coefficient (Wildman–Crippen LogP) is 1.72. The highest BCUT2D eigenvalue weighted by Crippen LogP contribution is 2.32. The van der Waals surface area contributed by atoms with E-state index in [0.29, 0.717) is 35.1 Å². The minimum atomic E-state index is -0.293. The Balaban J connectivity index is 1.66. The molecule has 0 atom stereocenters. The third-order valence-corrected chi connectivity index (χ3v) is 3.11. The number of aryl methyl sites for hydroxylation is 1. The average molecular weight is 298 g/mol. The number of nitrogens with zero attached hydrogens (tertiary/aromatic N) is 2. The van der Waals surface area contributed by atoms with Crippen molar-refractivity contribution >= 4 is 5.91 Å². The Morgan fingerprint density at radius 2 is 2.14 bits per heavy atom. The van der Waals surface area contributed by atoms with Gasteiger partial charge in [0.05, 0.1) is 6.54 Å². The van der Waals surface area contributed by atoms with Crippen LogP contribution in [0.25, 0.3) is 0 Å². The Morgan fingerprint density at radius 1 is 1.32 bits per heavy atom. The largest absolute Gasteiger partial charge is 0.454 e. The van der Waals surface area contributed by atoms with Gasteiger partial charge in [0.2, 0.25) is 6.79 Å². The van der Waals surface area contributed by atoms with Crippen molar-refractivity contribution in [2.75, 3.05) is 13.8 Å². The van der Waals surface area contributed by atoms with Crippen LogP contribution in [-0.4, -0.2) is 29.8 Å². The topological polar surface area (TPSA) is 64.8 Å². The van der Waals surface area contributed by atoms with Gasteiger partial charge in [-0.15, -0.1) is 0 Å². The lowest BCUT2D eigenvalue weighted by molar-refractivity contribution is -0.124. The molecule has 1 aliphatic rings. The number of aromatic nitrogens is 1. The van der Waals surface area contributed by atoms with Crippen LogP contribution >= 0.6 is 0 Å². The third-order valence-electron chi connectivity index (χ3n) is 3.11. The van der Waals surface area contributed by atoms with Gasteiger partial charge in [-0.2, -0.15) is 0 Å². The summed E-state index contributed by atoms with van der Waals surface area (Å²) in [6.07, 6.45) is 0. The van der Waals surface area contributed by atoms with Crippen molar-refractivity contribution in [1.29, 1.82) is 0 Å². The van der Waals surface area contributed by atoms with Crippen LogP contribution in [0.2, 0.25) is 0 Å². The first kappa shape index (κ1) is 14.0. The van der Waals surface area contributed by atoms with Gasteiger partial charge >= 0.3 is 0 Å². The van der Waals surface area contributed by atoms with Gasteiger partial charge in [0.15, 0.2) is 11.5 Å². The highest BCUT2D eigenvalue weighted by atomic mass is 16.7. The first-order valence-corrected chi connectivity index (χ1v) is 6.71. The maximum Gasteiger partial charge on any atom is 0.298 e. The number of hydrogen-bond acceptors (Lipinski definition) is 5. The molecule has 6 heteroatoms. The number of benzene rings is 1. The minimum absolute atomic E-state index is 0.213. The lowest BCUT2D eigenvalue weighted by Crippen LogP contribution is -2.24. The molecule has 2 aromatic rings. The van der Waals surface area contributed by atoms with E-state index in [0.717, 1.165) is 0 Å². The van der Waals surface area contributed by atoms with Crippen LogP contribution in [0.3, 0.4) is 0 Å². The van der Waals surface area contributed by atoms with Crippen LogP contribution in [0.15, 0.2) is 28.8 Å². The van der Waals surface area contributed by atoms with E-state index in [2.05, 4.69) is 17.0 Å². The highest BCUT2D eigenvalue weighted by Gasteiger charge is 2.13. The van der Waals surface area contributed by atoms with Crippen molar-refractivity contribution in [1.82, 2.24) is 10.1 Å². The van der Waals surface area contributed by atoms with E-state index in [1.807, 2.05) is 0 Å². The monoisotopic (exact) mass is 298 g/mol. The molecule has 22 heavy (non-hydrogen) atoms.